The SMILES string of the molecule is CCOC(=O)C[C@H](NC(=O)c1cc2ccccc2cc1N)C(=O)OCc1ccccc1. The summed E-state index contributed by atoms with van der Waals surface area (Å²) in [4.78, 5) is 37.5. The first kappa shape index (κ1) is 21.8. The first-order valence-electron chi connectivity index (χ1n) is 9.93. The number of rotatable bonds is 8. The summed E-state index contributed by atoms with van der Waals surface area (Å²) in [6.45, 7) is 1.85. The average molecular weight is 420 g/mol. The Morgan fingerprint density at radius 1 is 0.935 bits per heavy atom. The fourth-order valence-electron chi connectivity index (χ4n) is 3.10. The van der Waals surface area contributed by atoms with E-state index in [-0.39, 0.29) is 30.9 Å². The van der Waals surface area contributed by atoms with Crippen molar-refractivity contribution in [3.05, 3.63) is 77.9 Å². The van der Waals surface area contributed by atoms with Crippen LogP contribution in [0.15, 0.2) is 66.7 Å². The second-order valence-corrected chi connectivity index (χ2v) is 6.92. The van der Waals surface area contributed by atoms with Crippen molar-refractivity contribution >= 4 is 34.3 Å². The molecular formula is C24H24N2O5. The van der Waals surface area contributed by atoms with E-state index in [2.05, 4.69) is 5.32 Å². The number of nitrogens with one attached hydrogen (secondary N) is 1. The van der Waals surface area contributed by atoms with Gasteiger partial charge in [-0.25, -0.2) is 4.79 Å². The van der Waals surface area contributed by atoms with Crippen LogP contribution >= 0.6 is 0 Å². The number of carbonyl (C=O) groups is 3. The summed E-state index contributed by atoms with van der Waals surface area (Å²) >= 11 is 0. The van der Waals surface area contributed by atoms with Crippen molar-refractivity contribution in [3.63, 3.8) is 0 Å². The molecule has 0 radical (unpaired) electrons. The van der Waals surface area contributed by atoms with E-state index in [1.807, 2.05) is 54.6 Å². The smallest absolute Gasteiger partial charge is 0.329 e. The number of ether oxygens (including phenoxy) is 2. The van der Waals surface area contributed by atoms with Crippen LogP contribution in [0.1, 0.15) is 29.3 Å². The molecule has 0 bridgehead atoms. The zero-order valence-electron chi connectivity index (χ0n) is 17.2. The number of benzene rings is 3. The molecule has 0 fully saturated rings. The first-order chi connectivity index (χ1) is 15.0. The van der Waals surface area contributed by atoms with Crippen LogP contribution in [0.3, 0.4) is 0 Å². The fourth-order valence-corrected chi connectivity index (χ4v) is 3.10. The van der Waals surface area contributed by atoms with Crippen molar-refractivity contribution in [2.24, 2.45) is 0 Å². The quantitative estimate of drug-likeness (QED) is 0.428. The summed E-state index contributed by atoms with van der Waals surface area (Å²) in [5.74, 6) is -1.92. The van der Waals surface area contributed by atoms with Gasteiger partial charge in [-0.2, -0.15) is 0 Å². The lowest BCUT2D eigenvalue weighted by Crippen LogP contribution is -2.43. The van der Waals surface area contributed by atoms with E-state index in [1.165, 1.54) is 0 Å². The monoisotopic (exact) mass is 420 g/mol. The summed E-state index contributed by atoms with van der Waals surface area (Å²) in [5.41, 5.74) is 7.32. The molecule has 0 unspecified atom stereocenters. The number of nitrogens with two attached hydrogens (primary N) is 1. The van der Waals surface area contributed by atoms with Crippen LogP contribution in [0.5, 0.6) is 0 Å². The van der Waals surface area contributed by atoms with E-state index >= 15 is 0 Å². The topological polar surface area (TPSA) is 108 Å². The highest BCUT2D eigenvalue weighted by atomic mass is 16.5. The molecule has 1 atom stereocenters. The third-order valence-electron chi connectivity index (χ3n) is 4.65. The van der Waals surface area contributed by atoms with Gasteiger partial charge in [0.1, 0.15) is 12.6 Å². The molecule has 7 heteroatoms. The minimum atomic E-state index is -1.21. The van der Waals surface area contributed by atoms with Crippen LogP contribution in [0, 0.1) is 0 Å². The van der Waals surface area contributed by atoms with Gasteiger partial charge in [-0.05, 0) is 35.4 Å². The summed E-state index contributed by atoms with van der Waals surface area (Å²) in [6, 6.07) is 18.7. The molecule has 31 heavy (non-hydrogen) atoms. The molecule has 160 valence electrons. The van der Waals surface area contributed by atoms with E-state index < -0.39 is 23.9 Å². The highest BCUT2D eigenvalue weighted by molar-refractivity contribution is 6.05. The molecule has 0 aliphatic carbocycles. The number of anilines is 1. The Morgan fingerprint density at radius 2 is 1.58 bits per heavy atom. The van der Waals surface area contributed by atoms with Gasteiger partial charge in [0.15, 0.2) is 0 Å². The van der Waals surface area contributed by atoms with Gasteiger partial charge in [0.25, 0.3) is 5.91 Å². The second kappa shape index (κ2) is 10.2. The molecule has 3 rings (SSSR count). The number of fused-ring (bicyclic) bond motifs is 1. The number of nitrogen functional groups attached to an aromatic ring is 1. The van der Waals surface area contributed by atoms with Gasteiger partial charge >= 0.3 is 11.9 Å². The van der Waals surface area contributed by atoms with Crippen molar-refractivity contribution in [1.29, 1.82) is 0 Å². The fraction of sp³-hybridized carbons (Fsp3) is 0.208. The van der Waals surface area contributed by atoms with Gasteiger partial charge < -0.3 is 20.5 Å². The minimum Gasteiger partial charge on any atom is -0.466 e. The molecule has 0 aromatic heterocycles. The highest BCUT2D eigenvalue weighted by Crippen LogP contribution is 2.22. The molecule has 0 saturated carbocycles. The molecule has 0 heterocycles. The lowest BCUT2D eigenvalue weighted by molar-refractivity contribution is -0.153. The van der Waals surface area contributed by atoms with Crippen molar-refractivity contribution in [2.75, 3.05) is 12.3 Å². The third-order valence-corrected chi connectivity index (χ3v) is 4.65. The van der Waals surface area contributed by atoms with E-state index in [0.29, 0.717) is 0 Å². The molecule has 7 nitrogen and oxygen atoms in total. The summed E-state index contributed by atoms with van der Waals surface area (Å²) in [5, 5.41) is 4.29. The van der Waals surface area contributed by atoms with Gasteiger partial charge in [-0.3, -0.25) is 9.59 Å². The molecule has 0 aliphatic rings. The van der Waals surface area contributed by atoms with Crippen LogP contribution in [-0.4, -0.2) is 30.5 Å². The maximum absolute atomic E-state index is 12.9. The van der Waals surface area contributed by atoms with E-state index in [1.54, 1.807) is 19.1 Å². The predicted octanol–water partition coefficient (Wildman–Crippen LogP) is 3.22. The van der Waals surface area contributed by atoms with Crippen LogP contribution in [0.4, 0.5) is 5.69 Å². The van der Waals surface area contributed by atoms with Crippen LogP contribution in [-0.2, 0) is 25.7 Å². The van der Waals surface area contributed by atoms with Crippen molar-refractivity contribution < 1.29 is 23.9 Å². The first-order valence-corrected chi connectivity index (χ1v) is 9.93. The number of hydrogen-bond acceptors (Lipinski definition) is 6. The van der Waals surface area contributed by atoms with E-state index in [9.17, 15) is 14.4 Å². The molecule has 3 aromatic rings. The Balaban J connectivity index is 1.77. The lowest BCUT2D eigenvalue weighted by atomic mass is 10.0. The largest absolute Gasteiger partial charge is 0.466 e. The maximum atomic E-state index is 12.9. The van der Waals surface area contributed by atoms with Gasteiger partial charge in [0, 0.05) is 5.69 Å². The zero-order chi connectivity index (χ0) is 22.2. The minimum absolute atomic E-state index is 0.0208. The Labute approximate surface area is 180 Å². The van der Waals surface area contributed by atoms with Gasteiger partial charge in [0.2, 0.25) is 0 Å². The van der Waals surface area contributed by atoms with Crippen LogP contribution in [0.25, 0.3) is 10.8 Å². The molecule has 0 aliphatic heterocycles. The Morgan fingerprint density at radius 3 is 2.26 bits per heavy atom. The average Bonchev–Trinajstić information content (AvgIpc) is 2.77. The number of hydrogen-bond donors (Lipinski definition) is 2. The molecule has 0 saturated heterocycles. The van der Waals surface area contributed by atoms with E-state index in [0.717, 1.165) is 16.3 Å². The summed E-state index contributed by atoms with van der Waals surface area (Å²) < 4.78 is 10.2. The van der Waals surface area contributed by atoms with Crippen molar-refractivity contribution in [1.82, 2.24) is 5.32 Å². The van der Waals surface area contributed by atoms with Crippen LogP contribution < -0.4 is 11.1 Å². The van der Waals surface area contributed by atoms with Gasteiger partial charge in [-0.15, -0.1) is 0 Å². The summed E-state index contributed by atoms with van der Waals surface area (Å²) in [6.07, 6.45) is -0.347. The third kappa shape index (κ3) is 5.82. The van der Waals surface area contributed by atoms with Gasteiger partial charge in [0.05, 0.1) is 18.6 Å². The van der Waals surface area contributed by atoms with Crippen molar-refractivity contribution in [2.45, 2.75) is 26.0 Å². The standard InChI is InChI=1S/C24H24N2O5/c1-2-30-22(27)14-21(24(29)31-15-16-8-4-3-5-9-16)26-23(28)19-12-17-10-6-7-11-18(17)13-20(19)25/h3-13,21H,2,14-15,25H2,1H3,(H,26,28)/t21-/m0/s1. The van der Waals surface area contributed by atoms with Crippen molar-refractivity contribution in [3.8, 4) is 0 Å². The highest BCUT2D eigenvalue weighted by Gasteiger charge is 2.27. The number of esters is 2. The maximum Gasteiger partial charge on any atom is 0.329 e. The number of carbonyl (C=O) groups excluding carboxylic acids is 3. The zero-order valence-corrected chi connectivity index (χ0v) is 17.2. The normalized spacial score (nSPS) is 11.5. The Kier molecular flexibility index (Phi) is 7.22. The van der Waals surface area contributed by atoms with Crippen LogP contribution in [0.2, 0.25) is 0 Å². The molecule has 3 aromatic carbocycles. The second-order valence-electron chi connectivity index (χ2n) is 6.92. The molecule has 3 N–H and O–H groups in total. The molecule has 0 spiro atoms. The van der Waals surface area contributed by atoms with E-state index in [4.69, 9.17) is 15.2 Å². The molecule has 1 amide bonds. The number of amides is 1. The lowest BCUT2D eigenvalue weighted by Gasteiger charge is -2.18. The Bertz CT molecular complexity index is 1080. The molecular weight excluding hydrogens is 396 g/mol. The Hall–Kier alpha value is -3.87. The summed E-state index contributed by atoms with van der Waals surface area (Å²) in [7, 11) is 0. The van der Waals surface area contributed by atoms with Gasteiger partial charge in [-0.1, -0.05) is 54.6 Å². The predicted molar refractivity (Wildman–Crippen MR) is 117 cm³/mol.